The Morgan fingerprint density at radius 2 is 2.19 bits per heavy atom. The maximum absolute atomic E-state index is 15.9. The molecule has 1 saturated heterocycles. The van der Waals surface area contributed by atoms with Crippen LogP contribution in [0.1, 0.15) is 12.0 Å². The van der Waals surface area contributed by atoms with Gasteiger partial charge in [-0.05, 0) is 35.6 Å². The summed E-state index contributed by atoms with van der Waals surface area (Å²) in [4.78, 5) is 40.8. The standard InChI is InChI=1S/C28H27FN7O4PS/c1-3-23(39)36-13-12-35(15-17(36)9-10-30)27(33-20-6-5-11-31-28(20)42(2)40)18-14-19(29)25(34-26(18)32-16-37)24-21(38)7-4-8-22(24)41/h3-8,11,14,16-17,38H,1,9,12-13,15,41H2,2H3,(H,32,34,37)/b33-27+. The van der Waals surface area contributed by atoms with Gasteiger partial charge in [0.15, 0.2) is 5.82 Å². The molecule has 3 aromatic rings. The van der Waals surface area contributed by atoms with Gasteiger partial charge in [-0.3, -0.25) is 9.59 Å². The summed E-state index contributed by atoms with van der Waals surface area (Å²) < 4.78 is 28.3. The van der Waals surface area contributed by atoms with Gasteiger partial charge in [-0.15, -0.1) is 9.24 Å². The number of nitrogens with zero attached hydrogens (tertiary/aromatic N) is 6. The third-order valence-electron chi connectivity index (χ3n) is 6.54. The number of aromatic nitrogens is 2. The van der Waals surface area contributed by atoms with E-state index in [2.05, 4.69) is 37.2 Å². The summed E-state index contributed by atoms with van der Waals surface area (Å²) in [5, 5.41) is 23.1. The van der Waals surface area contributed by atoms with Crippen molar-refractivity contribution in [3.05, 3.63) is 66.6 Å². The lowest BCUT2D eigenvalue weighted by molar-refractivity contribution is -0.130. The van der Waals surface area contributed by atoms with Crippen molar-refractivity contribution in [1.82, 2.24) is 19.8 Å². The van der Waals surface area contributed by atoms with E-state index in [1.54, 1.807) is 29.2 Å². The average molecular weight is 608 g/mol. The van der Waals surface area contributed by atoms with E-state index in [0.29, 0.717) is 11.7 Å². The number of carbonyl (C=O) groups excluding carboxylic acids is 2. The van der Waals surface area contributed by atoms with Gasteiger partial charge in [0.05, 0.1) is 29.7 Å². The Kier molecular flexibility index (Phi) is 9.85. The van der Waals surface area contributed by atoms with Crippen molar-refractivity contribution in [2.24, 2.45) is 4.99 Å². The minimum atomic E-state index is -1.52. The number of aliphatic imine (C=N–C) groups is 1. The van der Waals surface area contributed by atoms with Crippen LogP contribution in [-0.2, 0) is 20.8 Å². The van der Waals surface area contributed by atoms with Crippen LogP contribution in [-0.4, -0.2) is 79.5 Å². The quantitative estimate of drug-likeness (QED) is 0.0988. The van der Waals surface area contributed by atoms with E-state index in [-0.39, 0.29) is 76.9 Å². The zero-order chi connectivity index (χ0) is 30.4. The van der Waals surface area contributed by atoms with Crippen molar-refractivity contribution >= 4 is 55.4 Å². The predicted molar refractivity (Wildman–Crippen MR) is 161 cm³/mol. The highest BCUT2D eigenvalue weighted by molar-refractivity contribution is 7.90. The highest BCUT2D eigenvalue weighted by Crippen LogP contribution is 2.33. The number of hydrogen-bond donors (Lipinski definition) is 2. The van der Waals surface area contributed by atoms with Gasteiger partial charge in [0.25, 0.3) is 5.03 Å². The molecule has 0 aliphatic carbocycles. The van der Waals surface area contributed by atoms with Gasteiger partial charge in [0.2, 0.25) is 12.3 Å². The van der Waals surface area contributed by atoms with Gasteiger partial charge < -0.3 is 24.8 Å². The molecule has 2 aromatic heterocycles. The van der Waals surface area contributed by atoms with E-state index < -0.39 is 23.0 Å². The summed E-state index contributed by atoms with van der Waals surface area (Å²) in [7, 11) is 2.41. The highest BCUT2D eigenvalue weighted by atomic mass is 32.2. The number of hydrogen-bond acceptors (Lipinski definition) is 8. The maximum atomic E-state index is 15.9. The fraction of sp³-hybridized carbons (Fsp3) is 0.214. The number of aromatic hydroxyl groups is 1. The Labute approximate surface area is 247 Å². The normalized spacial score (nSPS) is 16.0. The molecule has 1 aliphatic heterocycles. The summed E-state index contributed by atoms with van der Waals surface area (Å²) >= 11 is -1.52. The Morgan fingerprint density at radius 3 is 2.86 bits per heavy atom. The van der Waals surface area contributed by atoms with Crippen LogP contribution in [0.15, 0.2) is 65.3 Å². The van der Waals surface area contributed by atoms with Crippen molar-refractivity contribution in [2.75, 3.05) is 31.2 Å². The number of rotatable bonds is 8. The Hall–Kier alpha value is -4.37. The van der Waals surface area contributed by atoms with E-state index in [4.69, 9.17) is 4.99 Å². The molecule has 0 bridgehead atoms. The first-order chi connectivity index (χ1) is 20.2. The molecule has 4 rings (SSSR count). The van der Waals surface area contributed by atoms with E-state index in [9.17, 15) is 24.5 Å². The van der Waals surface area contributed by atoms with E-state index in [0.717, 1.165) is 6.07 Å². The second-order valence-corrected chi connectivity index (χ2v) is 11.1. The molecule has 216 valence electrons. The minimum absolute atomic E-state index is 0.00962. The van der Waals surface area contributed by atoms with Crippen LogP contribution in [0.25, 0.3) is 11.3 Å². The molecule has 1 aliphatic rings. The van der Waals surface area contributed by atoms with Crippen LogP contribution in [0.3, 0.4) is 0 Å². The number of benzene rings is 1. The molecule has 3 unspecified atom stereocenters. The molecule has 1 aromatic carbocycles. The number of anilines is 1. The molecule has 1 fully saturated rings. The molecule has 42 heavy (non-hydrogen) atoms. The molecule has 0 radical (unpaired) electrons. The molecule has 0 spiro atoms. The van der Waals surface area contributed by atoms with E-state index in [1.807, 2.05) is 0 Å². The summed E-state index contributed by atoms with van der Waals surface area (Å²) in [5.41, 5.74) is 0.246. The third kappa shape index (κ3) is 6.41. The van der Waals surface area contributed by atoms with Crippen molar-refractivity contribution in [3.8, 4) is 23.1 Å². The Bertz CT molecular complexity index is 1580. The number of phenolic OH excluding ortho intramolecular Hbond substituents is 1. The summed E-state index contributed by atoms with van der Waals surface area (Å²) in [5.74, 6) is -1.26. The summed E-state index contributed by atoms with van der Waals surface area (Å²) in [6.45, 7) is 4.11. The number of phenols is 1. The SMILES string of the molecule is C=CC(=O)N1CCN(/C(=N/c2cccnc2[S+](C)[O-])c2cc(F)c(-c3c(O)cccc3P)nc2NC=O)CC1CC#N. The van der Waals surface area contributed by atoms with Gasteiger partial charge in [-0.25, -0.2) is 19.4 Å². The van der Waals surface area contributed by atoms with Crippen LogP contribution < -0.4 is 10.6 Å². The number of nitriles is 1. The van der Waals surface area contributed by atoms with Gasteiger partial charge in [-0.1, -0.05) is 18.7 Å². The topological polar surface area (TPSA) is 158 Å². The first-order valence-electron chi connectivity index (χ1n) is 12.6. The van der Waals surface area contributed by atoms with Crippen molar-refractivity contribution < 1.29 is 23.6 Å². The summed E-state index contributed by atoms with van der Waals surface area (Å²) in [6, 6.07) is 10.5. The molecule has 3 atom stereocenters. The lowest BCUT2D eigenvalue weighted by Crippen LogP contribution is -2.56. The van der Waals surface area contributed by atoms with Gasteiger partial charge >= 0.3 is 0 Å². The van der Waals surface area contributed by atoms with Crippen LogP contribution in [0.4, 0.5) is 15.9 Å². The number of halogens is 1. The fourth-order valence-electron chi connectivity index (χ4n) is 4.66. The molecule has 3 heterocycles. The lowest BCUT2D eigenvalue weighted by atomic mass is 10.0. The maximum Gasteiger partial charge on any atom is 0.270 e. The fourth-order valence-corrected chi connectivity index (χ4v) is 5.67. The first-order valence-corrected chi connectivity index (χ1v) is 14.7. The second kappa shape index (κ2) is 13.5. The highest BCUT2D eigenvalue weighted by Gasteiger charge is 2.33. The molecular weight excluding hydrogens is 580 g/mol. The average Bonchev–Trinajstić information content (AvgIpc) is 2.97. The summed E-state index contributed by atoms with van der Waals surface area (Å²) in [6.07, 6.45) is 4.49. The Morgan fingerprint density at radius 1 is 1.40 bits per heavy atom. The van der Waals surface area contributed by atoms with Crippen molar-refractivity contribution in [3.63, 3.8) is 0 Å². The number of pyridine rings is 2. The van der Waals surface area contributed by atoms with Crippen molar-refractivity contribution in [2.45, 2.75) is 17.5 Å². The third-order valence-corrected chi connectivity index (χ3v) is 7.88. The first kappa shape index (κ1) is 30.6. The smallest absolute Gasteiger partial charge is 0.270 e. The van der Waals surface area contributed by atoms with Gasteiger partial charge in [0.1, 0.15) is 35.0 Å². The number of amidine groups is 1. The van der Waals surface area contributed by atoms with Crippen LogP contribution >= 0.6 is 9.24 Å². The van der Waals surface area contributed by atoms with Gasteiger partial charge in [-0.2, -0.15) is 5.26 Å². The predicted octanol–water partition coefficient (Wildman–Crippen LogP) is 2.49. The Balaban J connectivity index is 1.94. The zero-order valence-electron chi connectivity index (χ0n) is 22.5. The molecule has 14 heteroatoms. The number of amides is 2. The molecule has 0 saturated carbocycles. The number of piperazine rings is 1. The van der Waals surface area contributed by atoms with Crippen molar-refractivity contribution in [1.29, 1.82) is 5.26 Å². The monoisotopic (exact) mass is 607 g/mol. The van der Waals surface area contributed by atoms with Crippen LogP contribution in [0.5, 0.6) is 5.75 Å². The molecule has 11 nitrogen and oxygen atoms in total. The van der Waals surface area contributed by atoms with E-state index in [1.165, 1.54) is 29.5 Å². The minimum Gasteiger partial charge on any atom is -0.610 e. The molecule has 2 N–H and O–H groups in total. The number of carbonyl (C=O) groups is 2. The lowest BCUT2D eigenvalue weighted by Gasteiger charge is -2.41. The largest absolute Gasteiger partial charge is 0.610 e. The van der Waals surface area contributed by atoms with Gasteiger partial charge in [0, 0.05) is 37.0 Å². The van der Waals surface area contributed by atoms with Crippen LogP contribution in [0.2, 0.25) is 0 Å². The van der Waals surface area contributed by atoms with E-state index >= 15 is 4.39 Å². The second-order valence-electron chi connectivity index (χ2n) is 9.13. The molecular formula is C28H27FN7O4PS. The molecule has 2 amide bonds. The van der Waals surface area contributed by atoms with Crippen LogP contribution in [0, 0.1) is 17.1 Å². The zero-order valence-corrected chi connectivity index (χ0v) is 24.5. The number of nitrogens with one attached hydrogen (secondary N) is 1.